The summed E-state index contributed by atoms with van der Waals surface area (Å²) in [5.74, 6) is 2.59. The minimum Gasteiger partial charge on any atom is -0.497 e. The van der Waals surface area contributed by atoms with Crippen molar-refractivity contribution in [1.29, 1.82) is 0 Å². The third kappa shape index (κ3) is 2.76. The molecule has 0 spiro atoms. The largest absolute Gasteiger partial charge is 0.497 e. The smallest absolute Gasteiger partial charge is 0.272 e. The van der Waals surface area contributed by atoms with Crippen LogP contribution in [0.4, 0.5) is 0 Å². The van der Waals surface area contributed by atoms with Gasteiger partial charge < -0.3 is 9.47 Å². The van der Waals surface area contributed by atoms with Crippen molar-refractivity contribution in [3.8, 4) is 34.1 Å². The Labute approximate surface area is 143 Å². The van der Waals surface area contributed by atoms with E-state index in [1.165, 1.54) is 0 Å². The molecule has 4 rings (SSSR count). The number of aromatic nitrogens is 5. The maximum atomic E-state index is 5.26. The van der Waals surface area contributed by atoms with E-state index < -0.39 is 0 Å². The number of hydrogen-bond donors (Lipinski definition) is 0. The van der Waals surface area contributed by atoms with E-state index in [0.717, 1.165) is 28.3 Å². The highest BCUT2D eigenvalue weighted by Crippen LogP contribution is 2.24. The number of hydrogen-bond acceptors (Lipinski definition) is 6. The van der Waals surface area contributed by atoms with Crippen molar-refractivity contribution in [2.45, 2.75) is 0 Å². The highest BCUT2D eigenvalue weighted by Gasteiger charge is 2.12. The van der Waals surface area contributed by atoms with E-state index in [4.69, 9.17) is 9.47 Å². The number of fused-ring (bicyclic) bond motifs is 1. The molecular weight excluding hydrogens is 318 g/mol. The number of methoxy groups -OCH3 is 2. The number of rotatable bonds is 4. The molecule has 7 nitrogen and oxygen atoms in total. The monoisotopic (exact) mass is 333 g/mol. The van der Waals surface area contributed by atoms with Crippen molar-refractivity contribution in [2.75, 3.05) is 14.2 Å². The van der Waals surface area contributed by atoms with Crippen LogP contribution in [0.25, 0.3) is 28.4 Å². The van der Waals surface area contributed by atoms with Crippen LogP contribution in [-0.2, 0) is 0 Å². The Bertz CT molecular complexity index is 1030. The van der Waals surface area contributed by atoms with Crippen LogP contribution >= 0.6 is 0 Å². The fourth-order valence-electron chi connectivity index (χ4n) is 2.54. The molecule has 0 saturated carbocycles. The lowest BCUT2D eigenvalue weighted by Crippen LogP contribution is -1.98. The zero-order valence-corrected chi connectivity index (χ0v) is 13.7. The van der Waals surface area contributed by atoms with Gasteiger partial charge in [0.2, 0.25) is 0 Å². The van der Waals surface area contributed by atoms with Gasteiger partial charge in [0.25, 0.3) is 5.78 Å². The number of benzene rings is 2. The average Bonchev–Trinajstić information content (AvgIpc) is 3.11. The second-order valence-electron chi connectivity index (χ2n) is 5.34. The molecule has 0 aliphatic carbocycles. The summed E-state index contributed by atoms with van der Waals surface area (Å²) in [4.78, 5) is 4.54. The lowest BCUT2D eigenvalue weighted by atomic mass is 10.1. The molecule has 0 unspecified atom stereocenters. The normalized spacial score (nSPS) is 10.8. The molecule has 0 amide bonds. The van der Waals surface area contributed by atoms with Crippen LogP contribution in [0, 0.1) is 0 Å². The van der Waals surface area contributed by atoms with E-state index in [0.29, 0.717) is 11.6 Å². The van der Waals surface area contributed by atoms with Gasteiger partial charge in [-0.05, 0) is 36.4 Å². The van der Waals surface area contributed by atoms with Crippen LogP contribution < -0.4 is 9.47 Å². The Morgan fingerprint density at radius 2 is 1.64 bits per heavy atom. The molecule has 124 valence electrons. The summed E-state index contributed by atoms with van der Waals surface area (Å²) < 4.78 is 12.0. The van der Waals surface area contributed by atoms with Gasteiger partial charge in [-0.1, -0.05) is 12.1 Å². The molecule has 0 fully saturated rings. The third-order valence-electron chi connectivity index (χ3n) is 3.85. The summed E-state index contributed by atoms with van der Waals surface area (Å²) in [6.45, 7) is 0. The van der Waals surface area contributed by atoms with Gasteiger partial charge in [0.05, 0.1) is 26.1 Å². The first-order chi connectivity index (χ1) is 12.3. The Morgan fingerprint density at radius 1 is 0.840 bits per heavy atom. The second-order valence-corrected chi connectivity index (χ2v) is 5.34. The highest BCUT2D eigenvalue weighted by atomic mass is 16.5. The van der Waals surface area contributed by atoms with Crippen LogP contribution in [-0.4, -0.2) is 39.0 Å². The van der Waals surface area contributed by atoms with Crippen LogP contribution in [0.1, 0.15) is 0 Å². The summed E-state index contributed by atoms with van der Waals surface area (Å²) in [5.41, 5.74) is 2.51. The van der Waals surface area contributed by atoms with E-state index in [1.807, 2.05) is 48.5 Å². The molecule has 0 radical (unpaired) electrons. The van der Waals surface area contributed by atoms with Gasteiger partial charge in [0.1, 0.15) is 11.5 Å². The molecule has 0 atom stereocenters. The van der Waals surface area contributed by atoms with Gasteiger partial charge >= 0.3 is 0 Å². The summed E-state index contributed by atoms with van der Waals surface area (Å²) in [5, 5.41) is 12.8. The Balaban J connectivity index is 1.75. The molecule has 4 aromatic rings. The SMILES string of the molecule is COc1ccc(-c2cnn3c(-c4cccc(OC)c4)nnc3n2)cc1. The van der Waals surface area contributed by atoms with Gasteiger partial charge in [0.15, 0.2) is 5.82 Å². The maximum absolute atomic E-state index is 5.26. The lowest BCUT2D eigenvalue weighted by Gasteiger charge is -2.04. The molecule has 0 aliphatic heterocycles. The Kier molecular flexibility index (Phi) is 3.74. The van der Waals surface area contributed by atoms with Crippen LogP contribution in [0.2, 0.25) is 0 Å². The molecule has 2 heterocycles. The standard InChI is InChI=1S/C18H15N5O2/c1-24-14-8-6-12(7-9-14)16-11-19-23-17(21-22-18(23)20-16)13-4-3-5-15(10-13)25-2/h3-11H,1-2H3. The van der Waals surface area contributed by atoms with Crippen molar-refractivity contribution < 1.29 is 9.47 Å². The lowest BCUT2D eigenvalue weighted by molar-refractivity contribution is 0.415. The Morgan fingerprint density at radius 3 is 2.40 bits per heavy atom. The van der Waals surface area contributed by atoms with Gasteiger partial charge in [-0.15, -0.1) is 10.2 Å². The zero-order chi connectivity index (χ0) is 17.2. The molecule has 0 saturated heterocycles. The predicted octanol–water partition coefficient (Wildman–Crippen LogP) is 2.87. The molecule has 25 heavy (non-hydrogen) atoms. The average molecular weight is 333 g/mol. The Hall–Kier alpha value is -3.48. The minimum atomic E-state index is 0.436. The first-order valence-corrected chi connectivity index (χ1v) is 7.66. The summed E-state index contributed by atoms with van der Waals surface area (Å²) in [6.07, 6.45) is 1.70. The third-order valence-corrected chi connectivity index (χ3v) is 3.85. The van der Waals surface area contributed by atoms with Gasteiger partial charge in [-0.25, -0.2) is 4.98 Å². The van der Waals surface area contributed by atoms with E-state index in [-0.39, 0.29) is 0 Å². The van der Waals surface area contributed by atoms with E-state index in [9.17, 15) is 0 Å². The molecule has 0 bridgehead atoms. The fraction of sp³-hybridized carbons (Fsp3) is 0.111. The first-order valence-electron chi connectivity index (χ1n) is 7.66. The summed E-state index contributed by atoms with van der Waals surface area (Å²) >= 11 is 0. The van der Waals surface area contributed by atoms with Crippen LogP contribution in [0.5, 0.6) is 11.5 Å². The van der Waals surface area contributed by atoms with Crippen LogP contribution in [0.3, 0.4) is 0 Å². The van der Waals surface area contributed by atoms with E-state index in [1.54, 1.807) is 24.9 Å². The number of ether oxygens (including phenoxy) is 2. The van der Waals surface area contributed by atoms with Crippen molar-refractivity contribution in [3.63, 3.8) is 0 Å². The molecule has 0 N–H and O–H groups in total. The van der Waals surface area contributed by atoms with Crippen molar-refractivity contribution in [3.05, 3.63) is 54.7 Å². The number of nitrogens with zero attached hydrogens (tertiary/aromatic N) is 5. The quantitative estimate of drug-likeness (QED) is 0.572. The van der Waals surface area contributed by atoms with Gasteiger partial charge in [0, 0.05) is 11.1 Å². The molecular formula is C18H15N5O2. The van der Waals surface area contributed by atoms with E-state index >= 15 is 0 Å². The van der Waals surface area contributed by atoms with Gasteiger partial charge in [-0.2, -0.15) is 9.61 Å². The van der Waals surface area contributed by atoms with Crippen molar-refractivity contribution in [2.24, 2.45) is 0 Å². The summed E-state index contributed by atoms with van der Waals surface area (Å²) in [6, 6.07) is 15.2. The first kappa shape index (κ1) is 15.1. The minimum absolute atomic E-state index is 0.436. The van der Waals surface area contributed by atoms with Crippen molar-refractivity contribution in [1.82, 2.24) is 24.8 Å². The summed E-state index contributed by atoms with van der Waals surface area (Å²) in [7, 11) is 3.26. The molecule has 2 aromatic carbocycles. The fourth-order valence-corrected chi connectivity index (χ4v) is 2.54. The van der Waals surface area contributed by atoms with Crippen LogP contribution in [0.15, 0.2) is 54.7 Å². The van der Waals surface area contributed by atoms with Crippen molar-refractivity contribution >= 4 is 5.78 Å². The molecule has 2 aromatic heterocycles. The van der Waals surface area contributed by atoms with E-state index in [2.05, 4.69) is 20.3 Å². The van der Waals surface area contributed by atoms with Gasteiger partial charge in [-0.3, -0.25) is 0 Å². The topological polar surface area (TPSA) is 74.4 Å². The second kappa shape index (κ2) is 6.20. The maximum Gasteiger partial charge on any atom is 0.272 e. The highest BCUT2D eigenvalue weighted by molar-refractivity contribution is 5.63. The predicted molar refractivity (Wildman–Crippen MR) is 92.6 cm³/mol. The molecule has 7 heteroatoms. The zero-order valence-electron chi connectivity index (χ0n) is 13.7. The molecule has 0 aliphatic rings.